The van der Waals surface area contributed by atoms with Crippen LogP contribution in [0.15, 0.2) is 96.5 Å². The first-order valence-corrected chi connectivity index (χ1v) is 14.1. The van der Waals surface area contributed by atoms with Gasteiger partial charge < -0.3 is 15.0 Å². The fourth-order valence-corrected chi connectivity index (χ4v) is 7.47. The van der Waals surface area contributed by atoms with Crippen molar-refractivity contribution in [1.29, 1.82) is 0 Å². The molecule has 4 atom stereocenters. The summed E-state index contributed by atoms with van der Waals surface area (Å²) in [6, 6.07) is 23.5. The maximum Gasteiger partial charge on any atom is 0.308 e. The van der Waals surface area contributed by atoms with Gasteiger partial charge in [-0.3, -0.25) is 19.2 Å². The number of hydrogen-bond donors (Lipinski definition) is 1. The average Bonchev–Trinajstić information content (AvgIpc) is 3.69. The number of nitrogens with one attached hydrogen (secondary N) is 1. The van der Waals surface area contributed by atoms with E-state index in [9.17, 15) is 19.2 Å². The van der Waals surface area contributed by atoms with E-state index in [1.807, 2.05) is 71.1 Å². The highest BCUT2D eigenvalue weighted by Gasteiger charge is 2.70. The van der Waals surface area contributed by atoms with Crippen LogP contribution in [-0.4, -0.2) is 34.4 Å². The molecule has 3 aromatic carbocycles. The second-order valence-corrected chi connectivity index (χ2v) is 11.4. The van der Waals surface area contributed by atoms with Crippen molar-refractivity contribution >= 4 is 46.5 Å². The van der Waals surface area contributed by atoms with Gasteiger partial charge in [-0.1, -0.05) is 48.5 Å². The Morgan fingerprint density at radius 2 is 1.66 bits per heavy atom. The molecule has 1 N–H and O–H groups in total. The summed E-state index contributed by atoms with van der Waals surface area (Å²) in [5, 5.41) is 4.87. The molecule has 3 aliphatic heterocycles. The van der Waals surface area contributed by atoms with Crippen LogP contribution in [0.25, 0.3) is 6.08 Å². The third-order valence-corrected chi connectivity index (χ3v) is 9.17. The number of carbonyl (C=O) groups excluding carboxylic acids is 4. The van der Waals surface area contributed by atoms with Gasteiger partial charge in [0.15, 0.2) is 11.6 Å². The highest BCUT2D eigenvalue weighted by molar-refractivity contribution is 7.12. The monoisotopic (exact) mass is 560 g/mol. The van der Waals surface area contributed by atoms with Crippen LogP contribution >= 0.6 is 11.3 Å². The van der Waals surface area contributed by atoms with Crippen molar-refractivity contribution < 1.29 is 23.9 Å². The van der Waals surface area contributed by atoms with Crippen molar-refractivity contribution in [2.24, 2.45) is 5.92 Å². The number of hydrogen-bond acceptors (Lipinski definition) is 7. The van der Waals surface area contributed by atoms with Gasteiger partial charge in [-0.15, -0.1) is 11.3 Å². The van der Waals surface area contributed by atoms with Crippen LogP contribution in [0, 0.1) is 5.92 Å². The number of esters is 1. The van der Waals surface area contributed by atoms with Crippen LogP contribution in [0.2, 0.25) is 0 Å². The van der Waals surface area contributed by atoms with Crippen molar-refractivity contribution in [1.82, 2.24) is 4.90 Å². The average molecular weight is 561 g/mol. The zero-order valence-electron chi connectivity index (χ0n) is 21.9. The summed E-state index contributed by atoms with van der Waals surface area (Å²) in [5.74, 6) is -2.01. The molecule has 3 aliphatic rings. The Balaban J connectivity index is 1.47. The summed E-state index contributed by atoms with van der Waals surface area (Å²) in [6.45, 7) is 1.31. The molecule has 0 saturated carbocycles. The van der Waals surface area contributed by atoms with Gasteiger partial charge in [0.25, 0.3) is 0 Å². The van der Waals surface area contributed by atoms with E-state index in [1.165, 1.54) is 18.3 Å². The maximum atomic E-state index is 14.6. The van der Waals surface area contributed by atoms with Crippen molar-refractivity contribution in [2.45, 2.75) is 24.4 Å². The number of rotatable bonds is 5. The molecule has 1 fully saturated rings. The molecule has 0 bridgehead atoms. The maximum absolute atomic E-state index is 14.6. The van der Waals surface area contributed by atoms with E-state index >= 15 is 0 Å². The largest absolute Gasteiger partial charge is 0.427 e. The van der Waals surface area contributed by atoms with Gasteiger partial charge in [-0.2, -0.15) is 0 Å². The molecular weight excluding hydrogens is 536 g/mol. The molecule has 1 amide bonds. The molecule has 0 aliphatic carbocycles. The number of benzene rings is 3. The SMILES string of the molecule is CC(=O)Oc1ccc(C(=O)[C@H]2[C@H](C(=O)c3cccs3)[C@]3(C(=O)Nc4ccccc43)[C@H]3c4ccccc4C=CN23)cc1. The molecule has 0 unspecified atom stereocenters. The molecule has 41 heavy (non-hydrogen) atoms. The standard InChI is InChI=1S/C33H24N2O5S/c1-19(36)40-22-14-12-21(13-15-22)29(37)28-27(30(38)26-11-6-18-41-26)33(24-9-4-5-10-25(24)34-32(33)39)31-23-8-3-2-7-20(23)16-17-35(28)31/h2-18,27-28,31H,1H3,(H,34,39)/t27-,28-,31-,33+/m1/s1. The summed E-state index contributed by atoms with van der Waals surface area (Å²) in [4.78, 5) is 57.3. The lowest BCUT2D eigenvalue weighted by molar-refractivity contribution is -0.131. The molecule has 1 aromatic heterocycles. The number of para-hydroxylation sites is 1. The Hall–Kier alpha value is -4.82. The Morgan fingerprint density at radius 1 is 0.902 bits per heavy atom. The van der Waals surface area contributed by atoms with E-state index in [0.717, 1.165) is 11.1 Å². The van der Waals surface area contributed by atoms with Crippen LogP contribution in [0.4, 0.5) is 5.69 Å². The fourth-order valence-electron chi connectivity index (χ4n) is 6.76. The summed E-state index contributed by atoms with van der Waals surface area (Å²) >= 11 is 1.30. The number of Topliss-reactive ketones (excluding diaryl/α,β-unsaturated/α-hetero) is 2. The molecule has 7 nitrogen and oxygen atoms in total. The summed E-state index contributed by atoms with van der Waals surface area (Å²) in [5.41, 5.74) is 2.16. The third kappa shape index (κ3) is 3.64. The minimum Gasteiger partial charge on any atom is -0.427 e. The van der Waals surface area contributed by atoms with E-state index in [1.54, 1.807) is 36.4 Å². The molecule has 1 spiro atoms. The Labute approximate surface area is 240 Å². The van der Waals surface area contributed by atoms with Crippen LogP contribution in [-0.2, 0) is 15.0 Å². The zero-order valence-corrected chi connectivity index (χ0v) is 22.8. The first kappa shape index (κ1) is 25.2. The third-order valence-electron chi connectivity index (χ3n) is 8.29. The number of thiophene rings is 1. The molecule has 0 radical (unpaired) electrons. The fraction of sp³-hybridized carbons (Fsp3) is 0.152. The molecule has 8 heteroatoms. The topological polar surface area (TPSA) is 92.8 Å². The lowest BCUT2D eigenvalue weighted by Gasteiger charge is -2.38. The van der Waals surface area contributed by atoms with Crippen LogP contribution in [0.3, 0.4) is 0 Å². The second-order valence-electron chi connectivity index (χ2n) is 10.4. The summed E-state index contributed by atoms with van der Waals surface area (Å²) in [6.07, 6.45) is 3.78. The lowest BCUT2D eigenvalue weighted by atomic mass is 9.63. The first-order valence-electron chi connectivity index (χ1n) is 13.3. The minimum absolute atomic E-state index is 0.248. The summed E-state index contributed by atoms with van der Waals surface area (Å²) in [7, 11) is 0. The van der Waals surface area contributed by atoms with E-state index in [2.05, 4.69) is 5.32 Å². The quantitative estimate of drug-likeness (QED) is 0.193. The number of nitrogens with zero attached hydrogens (tertiary/aromatic N) is 1. The van der Waals surface area contributed by atoms with Crippen LogP contribution < -0.4 is 10.1 Å². The minimum atomic E-state index is -1.36. The molecule has 1 saturated heterocycles. The van der Waals surface area contributed by atoms with Crippen molar-refractivity contribution in [3.05, 3.63) is 124 Å². The van der Waals surface area contributed by atoms with E-state index < -0.39 is 29.4 Å². The number of ether oxygens (including phenoxy) is 1. The van der Waals surface area contributed by atoms with Crippen molar-refractivity contribution in [3.8, 4) is 5.75 Å². The second kappa shape index (κ2) is 9.38. The van der Waals surface area contributed by atoms with Gasteiger partial charge in [0.05, 0.1) is 16.8 Å². The smallest absolute Gasteiger partial charge is 0.308 e. The number of anilines is 1. The normalized spacial score (nSPS) is 23.5. The van der Waals surface area contributed by atoms with E-state index in [-0.39, 0.29) is 17.5 Å². The van der Waals surface area contributed by atoms with Crippen LogP contribution in [0.1, 0.15) is 49.7 Å². The van der Waals surface area contributed by atoms with Gasteiger partial charge in [-0.05, 0) is 64.5 Å². The predicted octanol–water partition coefficient (Wildman–Crippen LogP) is 5.66. The molecule has 4 aromatic rings. The van der Waals surface area contributed by atoms with Gasteiger partial charge in [0.1, 0.15) is 17.2 Å². The molecular formula is C33H24N2O5S. The van der Waals surface area contributed by atoms with Gasteiger partial charge >= 0.3 is 5.97 Å². The van der Waals surface area contributed by atoms with E-state index in [4.69, 9.17) is 4.74 Å². The predicted molar refractivity (Wildman–Crippen MR) is 155 cm³/mol. The van der Waals surface area contributed by atoms with Gasteiger partial charge in [0, 0.05) is 24.4 Å². The Morgan fingerprint density at radius 3 is 2.41 bits per heavy atom. The lowest BCUT2D eigenvalue weighted by Crippen LogP contribution is -2.49. The molecule has 7 rings (SSSR count). The van der Waals surface area contributed by atoms with Crippen molar-refractivity contribution in [3.63, 3.8) is 0 Å². The number of amides is 1. The molecule has 202 valence electrons. The first-order chi connectivity index (χ1) is 19.9. The van der Waals surface area contributed by atoms with Crippen molar-refractivity contribution in [2.75, 3.05) is 5.32 Å². The zero-order chi connectivity index (χ0) is 28.3. The molecule has 4 heterocycles. The highest BCUT2D eigenvalue weighted by atomic mass is 32.1. The number of fused-ring (bicyclic) bond motifs is 6. The summed E-state index contributed by atoms with van der Waals surface area (Å²) < 4.78 is 5.16. The van der Waals surface area contributed by atoms with Gasteiger partial charge in [0.2, 0.25) is 5.91 Å². The number of carbonyl (C=O) groups is 4. The van der Waals surface area contributed by atoms with Crippen LogP contribution in [0.5, 0.6) is 5.75 Å². The van der Waals surface area contributed by atoms with E-state index in [0.29, 0.717) is 27.4 Å². The number of ketones is 2. The Kier molecular flexibility index (Phi) is 5.76. The van der Waals surface area contributed by atoms with Gasteiger partial charge in [-0.25, -0.2) is 0 Å². The Bertz CT molecular complexity index is 1760. The highest BCUT2D eigenvalue weighted by Crippen LogP contribution is 2.62.